The highest BCUT2D eigenvalue weighted by molar-refractivity contribution is 8.01. The zero-order chi connectivity index (χ0) is 16.4. The number of anilines is 2. The Hall–Kier alpha value is -2.12. The SMILES string of the molecule is O=C(CSc1nnc(NC2CC2)s1)Nc1ccc2ccccc2c1. The third-order valence-electron chi connectivity index (χ3n) is 3.67. The van der Waals surface area contributed by atoms with Gasteiger partial charge in [0.05, 0.1) is 5.75 Å². The fourth-order valence-corrected chi connectivity index (χ4v) is 3.95. The second-order valence-corrected chi connectivity index (χ2v) is 7.89. The zero-order valence-electron chi connectivity index (χ0n) is 12.9. The highest BCUT2D eigenvalue weighted by Crippen LogP contribution is 2.30. The summed E-state index contributed by atoms with van der Waals surface area (Å²) in [6.07, 6.45) is 2.41. The maximum Gasteiger partial charge on any atom is 0.234 e. The molecule has 1 fully saturated rings. The van der Waals surface area contributed by atoms with Gasteiger partial charge in [-0.3, -0.25) is 4.79 Å². The molecule has 2 N–H and O–H groups in total. The van der Waals surface area contributed by atoms with Gasteiger partial charge in [-0.2, -0.15) is 0 Å². The molecule has 4 rings (SSSR count). The number of nitrogens with one attached hydrogen (secondary N) is 2. The van der Waals surface area contributed by atoms with Crippen molar-refractivity contribution in [1.82, 2.24) is 10.2 Å². The Bertz CT molecular complexity index is 876. The van der Waals surface area contributed by atoms with Crippen LogP contribution in [-0.4, -0.2) is 27.9 Å². The Kier molecular flexibility index (Phi) is 4.36. The van der Waals surface area contributed by atoms with Gasteiger partial charge in [0.2, 0.25) is 11.0 Å². The number of carbonyl (C=O) groups is 1. The highest BCUT2D eigenvalue weighted by Gasteiger charge is 2.22. The maximum absolute atomic E-state index is 12.1. The molecule has 0 bridgehead atoms. The molecule has 0 atom stereocenters. The molecule has 1 aromatic heterocycles. The van der Waals surface area contributed by atoms with Crippen molar-refractivity contribution in [3.05, 3.63) is 42.5 Å². The molecule has 1 heterocycles. The van der Waals surface area contributed by atoms with Gasteiger partial charge in [0.1, 0.15) is 0 Å². The molecule has 1 saturated carbocycles. The van der Waals surface area contributed by atoms with Crippen molar-refractivity contribution in [2.45, 2.75) is 23.2 Å². The van der Waals surface area contributed by atoms with Crippen molar-refractivity contribution >= 4 is 50.6 Å². The van der Waals surface area contributed by atoms with Crippen LogP contribution in [0.5, 0.6) is 0 Å². The van der Waals surface area contributed by atoms with Crippen LogP contribution in [0, 0.1) is 0 Å². The number of benzene rings is 2. The quantitative estimate of drug-likeness (QED) is 0.654. The number of aromatic nitrogens is 2. The first-order valence-corrected chi connectivity index (χ1v) is 9.58. The number of hydrogen-bond donors (Lipinski definition) is 2. The molecule has 5 nitrogen and oxygen atoms in total. The maximum atomic E-state index is 12.1. The Morgan fingerprint density at radius 2 is 2.00 bits per heavy atom. The summed E-state index contributed by atoms with van der Waals surface area (Å²) in [6, 6.07) is 14.6. The molecule has 24 heavy (non-hydrogen) atoms. The molecule has 0 unspecified atom stereocenters. The standard InChI is InChI=1S/C17H16N4OS2/c22-15(10-23-17-21-20-16(24-17)19-13-7-8-13)18-14-6-5-11-3-1-2-4-12(11)9-14/h1-6,9,13H,7-8,10H2,(H,18,22)(H,19,20). The van der Waals surface area contributed by atoms with Gasteiger partial charge < -0.3 is 10.6 Å². The van der Waals surface area contributed by atoms with Gasteiger partial charge in [-0.05, 0) is 35.7 Å². The number of hydrogen-bond acceptors (Lipinski definition) is 6. The number of fused-ring (bicyclic) bond motifs is 1. The fourth-order valence-electron chi connectivity index (χ4n) is 2.32. The van der Waals surface area contributed by atoms with Gasteiger partial charge in [0.15, 0.2) is 4.34 Å². The number of rotatable bonds is 6. The van der Waals surface area contributed by atoms with Gasteiger partial charge in [-0.15, -0.1) is 10.2 Å². The van der Waals surface area contributed by atoms with E-state index >= 15 is 0 Å². The lowest BCUT2D eigenvalue weighted by Crippen LogP contribution is -2.13. The van der Waals surface area contributed by atoms with Crippen molar-refractivity contribution < 1.29 is 4.79 Å². The van der Waals surface area contributed by atoms with E-state index in [1.807, 2.05) is 36.4 Å². The lowest BCUT2D eigenvalue weighted by atomic mass is 10.1. The Balaban J connectivity index is 1.32. The number of carbonyl (C=O) groups excluding carboxylic acids is 1. The normalized spacial score (nSPS) is 13.8. The summed E-state index contributed by atoms with van der Waals surface area (Å²) in [7, 11) is 0. The van der Waals surface area contributed by atoms with E-state index in [-0.39, 0.29) is 5.91 Å². The second-order valence-electron chi connectivity index (χ2n) is 5.69. The molecule has 122 valence electrons. The summed E-state index contributed by atoms with van der Waals surface area (Å²) in [6.45, 7) is 0. The van der Waals surface area contributed by atoms with E-state index in [4.69, 9.17) is 0 Å². The molecule has 3 aromatic rings. The van der Waals surface area contributed by atoms with Crippen LogP contribution in [0.2, 0.25) is 0 Å². The van der Waals surface area contributed by atoms with Crippen molar-refractivity contribution in [2.75, 3.05) is 16.4 Å². The molecule has 0 radical (unpaired) electrons. The molecule has 1 aliphatic carbocycles. The van der Waals surface area contributed by atoms with Gasteiger partial charge in [0.25, 0.3) is 0 Å². The van der Waals surface area contributed by atoms with Gasteiger partial charge in [-0.1, -0.05) is 53.4 Å². The van der Waals surface area contributed by atoms with Gasteiger partial charge in [-0.25, -0.2) is 0 Å². The molecular weight excluding hydrogens is 340 g/mol. The number of thioether (sulfide) groups is 1. The van der Waals surface area contributed by atoms with Crippen LogP contribution in [0.25, 0.3) is 10.8 Å². The minimum atomic E-state index is -0.0396. The highest BCUT2D eigenvalue weighted by atomic mass is 32.2. The lowest BCUT2D eigenvalue weighted by Gasteiger charge is -2.05. The molecule has 0 aliphatic heterocycles. The molecule has 2 aromatic carbocycles. The van der Waals surface area contributed by atoms with Crippen LogP contribution in [0.1, 0.15) is 12.8 Å². The summed E-state index contributed by atoms with van der Waals surface area (Å²) in [4.78, 5) is 12.1. The monoisotopic (exact) mass is 356 g/mol. The molecule has 0 saturated heterocycles. The Morgan fingerprint density at radius 3 is 2.83 bits per heavy atom. The summed E-state index contributed by atoms with van der Waals surface area (Å²) in [5.74, 6) is 0.285. The lowest BCUT2D eigenvalue weighted by molar-refractivity contribution is -0.113. The average molecular weight is 356 g/mol. The Labute approximate surface area is 147 Å². The predicted molar refractivity (Wildman–Crippen MR) is 99.9 cm³/mol. The Morgan fingerprint density at radius 1 is 1.17 bits per heavy atom. The summed E-state index contributed by atoms with van der Waals surface area (Å²) < 4.78 is 0.812. The number of amides is 1. The first kappa shape index (κ1) is 15.4. The minimum absolute atomic E-state index is 0.0396. The van der Waals surface area contributed by atoms with Crippen molar-refractivity contribution in [3.63, 3.8) is 0 Å². The summed E-state index contributed by atoms with van der Waals surface area (Å²) in [5.41, 5.74) is 0.813. The van der Waals surface area contributed by atoms with E-state index < -0.39 is 0 Å². The van der Waals surface area contributed by atoms with E-state index in [0.717, 1.165) is 25.9 Å². The average Bonchev–Trinajstić information content (AvgIpc) is 3.29. The topological polar surface area (TPSA) is 66.9 Å². The van der Waals surface area contributed by atoms with Crippen LogP contribution in [-0.2, 0) is 4.79 Å². The molecule has 1 aliphatic rings. The largest absolute Gasteiger partial charge is 0.357 e. The zero-order valence-corrected chi connectivity index (χ0v) is 14.5. The van der Waals surface area contributed by atoms with Crippen LogP contribution in [0.4, 0.5) is 10.8 Å². The predicted octanol–water partition coefficient (Wildman–Crippen LogP) is 4.00. The van der Waals surface area contributed by atoms with Crippen LogP contribution in [0.3, 0.4) is 0 Å². The van der Waals surface area contributed by atoms with Crippen molar-refractivity contribution in [2.24, 2.45) is 0 Å². The second kappa shape index (κ2) is 6.78. The molecular formula is C17H16N4OS2. The smallest absolute Gasteiger partial charge is 0.234 e. The van der Waals surface area contributed by atoms with E-state index in [1.165, 1.54) is 35.9 Å². The van der Waals surface area contributed by atoms with Gasteiger partial charge >= 0.3 is 0 Å². The number of nitrogens with zero attached hydrogens (tertiary/aromatic N) is 2. The fraction of sp³-hybridized carbons (Fsp3) is 0.235. The molecule has 7 heteroatoms. The summed E-state index contributed by atoms with van der Waals surface area (Å²) >= 11 is 2.91. The van der Waals surface area contributed by atoms with Crippen molar-refractivity contribution in [1.29, 1.82) is 0 Å². The van der Waals surface area contributed by atoms with Crippen LogP contribution in [0.15, 0.2) is 46.8 Å². The first-order valence-electron chi connectivity index (χ1n) is 7.78. The first-order chi connectivity index (χ1) is 11.8. The van der Waals surface area contributed by atoms with Gasteiger partial charge in [0, 0.05) is 11.7 Å². The summed E-state index contributed by atoms with van der Waals surface area (Å²) in [5, 5.41) is 17.6. The third-order valence-corrected chi connectivity index (χ3v) is 5.66. The van der Waals surface area contributed by atoms with E-state index in [1.54, 1.807) is 0 Å². The minimum Gasteiger partial charge on any atom is -0.357 e. The molecule has 1 amide bonds. The molecule has 0 spiro atoms. The van der Waals surface area contributed by atoms with Crippen molar-refractivity contribution in [3.8, 4) is 0 Å². The van der Waals surface area contributed by atoms with E-state index in [9.17, 15) is 4.79 Å². The van der Waals surface area contributed by atoms with E-state index in [0.29, 0.717) is 11.8 Å². The van der Waals surface area contributed by atoms with Crippen LogP contribution < -0.4 is 10.6 Å². The third kappa shape index (κ3) is 3.85. The van der Waals surface area contributed by atoms with E-state index in [2.05, 4.69) is 26.9 Å². The van der Waals surface area contributed by atoms with Crippen LogP contribution >= 0.6 is 23.1 Å².